The molecule has 0 spiro atoms. The van der Waals surface area contributed by atoms with E-state index in [4.69, 9.17) is 0 Å². The van der Waals surface area contributed by atoms with Gasteiger partial charge in [-0.25, -0.2) is 0 Å². The van der Waals surface area contributed by atoms with Crippen LogP contribution < -0.4 is 10.6 Å². The van der Waals surface area contributed by atoms with Crippen molar-refractivity contribution in [3.05, 3.63) is 0 Å². The molecule has 5 heteroatoms. The average molecular weight is 226 g/mol. The van der Waals surface area contributed by atoms with E-state index in [1.54, 1.807) is 0 Å². The Morgan fingerprint density at radius 3 is 2.81 bits per heavy atom. The second-order valence-electron chi connectivity index (χ2n) is 4.03. The highest BCUT2D eigenvalue weighted by Crippen LogP contribution is 2.05. The van der Waals surface area contributed by atoms with Crippen LogP contribution in [0.5, 0.6) is 0 Å². The molecule has 1 saturated heterocycles. The third-order valence-corrected chi connectivity index (χ3v) is 2.58. The van der Waals surface area contributed by atoms with Crippen LogP contribution in [0.1, 0.15) is 45.4 Å². The largest absolute Gasteiger partial charge is 0.344 e. The summed E-state index contributed by atoms with van der Waals surface area (Å²) in [4.78, 5) is 33.6. The molecule has 0 aromatic rings. The molecule has 1 heterocycles. The van der Waals surface area contributed by atoms with Crippen molar-refractivity contribution in [2.45, 2.75) is 51.5 Å². The van der Waals surface area contributed by atoms with Crippen molar-refractivity contribution in [2.75, 3.05) is 0 Å². The molecule has 5 nitrogen and oxygen atoms in total. The molecular formula is C11H18N2O3. The average Bonchev–Trinajstić information content (AvgIpc) is 2.23. The van der Waals surface area contributed by atoms with Crippen LogP contribution in [-0.4, -0.2) is 23.8 Å². The Hall–Kier alpha value is -1.39. The second kappa shape index (κ2) is 6.25. The number of piperidine rings is 1. The number of hydrogen-bond donors (Lipinski definition) is 2. The first-order valence-electron chi connectivity index (χ1n) is 5.76. The zero-order valence-corrected chi connectivity index (χ0v) is 9.54. The van der Waals surface area contributed by atoms with Crippen LogP contribution in [-0.2, 0) is 14.4 Å². The molecule has 1 aliphatic rings. The summed E-state index contributed by atoms with van der Waals surface area (Å²) in [6, 6.07) is -0.535. The minimum Gasteiger partial charge on any atom is -0.344 e. The fourth-order valence-electron chi connectivity index (χ4n) is 1.63. The van der Waals surface area contributed by atoms with E-state index in [-0.39, 0.29) is 17.7 Å². The maximum Gasteiger partial charge on any atom is 0.249 e. The maximum absolute atomic E-state index is 11.4. The van der Waals surface area contributed by atoms with Crippen molar-refractivity contribution in [1.82, 2.24) is 10.6 Å². The van der Waals surface area contributed by atoms with Gasteiger partial charge in [-0.1, -0.05) is 19.8 Å². The van der Waals surface area contributed by atoms with Gasteiger partial charge in [0.25, 0.3) is 0 Å². The molecule has 0 radical (unpaired) electrons. The van der Waals surface area contributed by atoms with E-state index in [0.29, 0.717) is 19.3 Å². The Kier molecular flexibility index (Phi) is 4.95. The summed E-state index contributed by atoms with van der Waals surface area (Å²) >= 11 is 0. The highest BCUT2D eigenvalue weighted by molar-refractivity contribution is 6.01. The van der Waals surface area contributed by atoms with Gasteiger partial charge in [0.05, 0.1) is 0 Å². The number of rotatable bonds is 5. The van der Waals surface area contributed by atoms with Crippen molar-refractivity contribution < 1.29 is 14.4 Å². The van der Waals surface area contributed by atoms with Gasteiger partial charge in [0.1, 0.15) is 6.04 Å². The molecule has 0 aromatic heterocycles. The topological polar surface area (TPSA) is 75.3 Å². The van der Waals surface area contributed by atoms with Crippen LogP contribution in [0.3, 0.4) is 0 Å². The van der Waals surface area contributed by atoms with Gasteiger partial charge >= 0.3 is 0 Å². The molecule has 2 N–H and O–H groups in total. The van der Waals surface area contributed by atoms with E-state index >= 15 is 0 Å². The van der Waals surface area contributed by atoms with Crippen LogP contribution in [0, 0.1) is 0 Å². The van der Waals surface area contributed by atoms with Gasteiger partial charge in [-0.05, 0) is 12.8 Å². The summed E-state index contributed by atoms with van der Waals surface area (Å²) < 4.78 is 0. The number of hydrogen-bond acceptors (Lipinski definition) is 3. The first kappa shape index (κ1) is 12.7. The minimum atomic E-state index is -0.535. The van der Waals surface area contributed by atoms with E-state index in [9.17, 15) is 14.4 Å². The van der Waals surface area contributed by atoms with Crippen molar-refractivity contribution in [3.63, 3.8) is 0 Å². The summed E-state index contributed by atoms with van der Waals surface area (Å²) in [5, 5.41) is 4.85. The van der Waals surface area contributed by atoms with Gasteiger partial charge in [0, 0.05) is 12.8 Å². The van der Waals surface area contributed by atoms with Crippen molar-refractivity contribution in [2.24, 2.45) is 0 Å². The lowest BCUT2D eigenvalue weighted by Gasteiger charge is -2.21. The zero-order valence-electron chi connectivity index (χ0n) is 9.54. The normalized spacial score (nSPS) is 20.4. The molecule has 0 saturated carbocycles. The van der Waals surface area contributed by atoms with Crippen molar-refractivity contribution in [3.8, 4) is 0 Å². The Morgan fingerprint density at radius 2 is 2.19 bits per heavy atom. The van der Waals surface area contributed by atoms with Gasteiger partial charge in [-0.15, -0.1) is 0 Å². The number of unbranched alkanes of at least 4 members (excludes halogenated alkanes) is 2. The number of amides is 3. The summed E-state index contributed by atoms with van der Waals surface area (Å²) in [5.41, 5.74) is 0. The molecular weight excluding hydrogens is 208 g/mol. The quantitative estimate of drug-likeness (QED) is 0.529. The third-order valence-electron chi connectivity index (χ3n) is 2.58. The predicted molar refractivity (Wildman–Crippen MR) is 58.5 cm³/mol. The van der Waals surface area contributed by atoms with E-state index in [1.165, 1.54) is 0 Å². The minimum absolute atomic E-state index is 0.108. The molecule has 0 bridgehead atoms. The van der Waals surface area contributed by atoms with Gasteiger partial charge in [-0.2, -0.15) is 0 Å². The molecule has 3 amide bonds. The van der Waals surface area contributed by atoms with Gasteiger partial charge in [0.15, 0.2) is 0 Å². The summed E-state index contributed by atoms with van der Waals surface area (Å²) in [6.07, 6.45) is 4.07. The van der Waals surface area contributed by atoms with Gasteiger partial charge < -0.3 is 5.32 Å². The fourth-order valence-corrected chi connectivity index (χ4v) is 1.63. The monoisotopic (exact) mass is 226 g/mol. The lowest BCUT2D eigenvalue weighted by molar-refractivity contribution is -0.137. The Balaban J connectivity index is 2.28. The summed E-state index contributed by atoms with van der Waals surface area (Å²) in [5.74, 6) is -0.760. The summed E-state index contributed by atoms with van der Waals surface area (Å²) in [6.45, 7) is 2.07. The molecule has 90 valence electrons. The van der Waals surface area contributed by atoms with Crippen molar-refractivity contribution in [1.29, 1.82) is 0 Å². The second-order valence-corrected chi connectivity index (χ2v) is 4.03. The first-order valence-corrected chi connectivity index (χ1v) is 5.76. The highest BCUT2D eigenvalue weighted by atomic mass is 16.2. The smallest absolute Gasteiger partial charge is 0.249 e. The first-order chi connectivity index (χ1) is 7.63. The molecule has 0 aliphatic carbocycles. The zero-order chi connectivity index (χ0) is 12.0. The number of nitrogens with one attached hydrogen (secondary N) is 2. The number of imide groups is 1. The molecule has 1 rings (SSSR count). The Bertz CT molecular complexity index is 289. The van der Waals surface area contributed by atoms with Crippen molar-refractivity contribution >= 4 is 17.7 Å². The molecule has 16 heavy (non-hydrogen) atoms. The number of carbonyl (C=O) groups is 3. The lowest BCUT2D eigenvalue weighted by atomic mass is 10.1. The fraction of sp³-hybridized carbons (Fsp3) is 0.727. The van der Waals surface area contributed by atoms with E-state index in [2.05, 4.69) is 17.6 Å². The highest BCUT2D eigenvalue weighted by Gasteiger charge is 2.27. The third kappa shape index (κ3) is 4.00. The Labute approximate surface area is 95.0 Å². The van der Waals surface area contributed by atoms with Crippen LogP contribution in [0.15, 0.2) is 0 Å². The van der Waals surface area contributed by atoms with E-state index in [0.717, 1.165) is 19.3 Å². The maximum atomic E-state index is 11.4. The predicted octanol–water partition coefficient (Wildman–Crippen LogP) is 0.488. The number of carbonyl (C=O) groups excluding carboxylic acids is 3. The van der Waals surface area contributed by atoms with E-state index < -0.39 is 6.04 Å². The molecule has 1 fully saturated rings. The van der Waals surface area contributed by atoms with Crippen LogP contribution in [0.4, 0.5) is 0 Å². The van der Waals surface area contributed by atoms with Gasteiger partial charge in [0.2, 0.25) is 17.7 Å². The molecule has 1 unspecified atom stereocenters. The summed E-state index contributed by atoms with van der Waals surface area (Å²) in [7, 11) is 0. The SMILES string of the molecule is CCCCCC(=O)NC1CCC(=O)NC1=O. The standard InChI is InChI=1S/C11H18N2O3/c1-2-3-4-5-9(14)12-8-6-7-10(15)13-11(8)16/h8H,2-7H2,1H3,(H,12,14)(H,13,15,16). The van der Waals surface area contributed by atoms with Crippen LogP contribution in [0.2, 0.25) is 0 Å². The Morgan fingerprint density at radius 1 is 1.44 bits per heavy atom. The molecule has 1 aliphatic heterocycles. The lowest BCUT2D eigenvalue weighted by Crippen LogP contribution is -2.52. The van der Waals surface area contributed by atoms with Gasteiger partial charge in [-0.3, -0.25) is 19.7 Å². The molecule has 0 aromatic carbocycles. The molecule has 1 atom stereocenters. The van der Waals surface area contributed by atoms with E-state index in [1.807, 2.05) is 0 Å². The van der Waals surface area contributed by atoms with Crippen LogP contribution >= 0.6 is 0 Å². The van der Waals surface area contributed by atoms with Crippen LogP contribution in [0.25, 0.3) is 0 Å².